The Morgan fingerprint density at radius 2 is 1.46 bits per heavy atom. The van der Waals surface area contributed by atoms with Crippen LogP contribution in [0, 0.1) is 11.8 Å². The summed E-state index contributed by atoms with van der Waals surface area (Å²) in [7, 11) is 0. The lowest BCUT2D eigenvalue weighted by Crippen LogP contribution is -2.35. The molecule has 0 aliphatic heterocycles. The summed E-state index contributed by atoms with van der Waals surface area (Å²) in [5, 5.41) is 15.1. The number of hydrogen-bond acceptors (Lipinski definition) is 4. The maximum atomic E-state index is 12.6. The Hall–Kier alpha value is -3.35. The minimum atomic E-state index is -0.778. The van der Waals surface area contributed by atoms with Crippen LogP contribution in [0.2, 0.25) is 0 Å². The van der Waals surface area contributed by atoms with Crippen LogP contribution in [0.1, 0.15) is 62.0 Å². The van der Waals surface area contributed by atoms with Crippen molar-refractivity contribution in [1.29, 1.82) is 0 Å². The van der Waals surface area contributed by atoms with E-state index < -0.39 is 12.1 Å². The van der Waals surface area contributed by atoms with Gasteiger partial charge in [0.15, 0.2) is 0 Å². The number of ether oxygens (including phenoxy) is 1. The van der Waals surface area contributed by atoms with Crippen molar-refractivity contribution in [2.75, 3.05) is 6.61 Å². The largest absolute Gasteiger partial charge is 0.481 e. The number of amides is 2. The Balaban J connectivity index is 1.07. The highest BCUT2D eigenvalue weighted by molar-refractivity contribution is 5.79. The van der Waals surface area contributed by atoms with Gasteiger partial charge in [-0.25, -0.2) is 4.79 Å². The van der Waals surface area contributed by atoms with Crippen molar-refractivity contribution in [2.45, 2.75) is 62.9 Å². The Morgan fingerprint density at radius 1 is 0.829 bits per heavy atom. The monoisotopic (exact) mass is 476 g/mol. The van der Waals surface area contributed by atoms with Crippen LogP contribution in [0.3, 0.4) is 0 Å². The Bertz CT molecular complexity index is 1070. The molecule has 0 bridgehead atoms. The number of benzene rings is 2. The van der Waals surface area contributed by atoms with Crippen molar-refractivity contribution in [3.63, 3.8) is 0 Å². The van der Waals surface area contributed by atoms with Crippen LogP contribution in [0.4, 0.5) is 4.79 Å². The molecule has 35 heavy (non-hydrogen) atoms. The van der Waals surface area contributed by atoms with Gasteiger partial charge < -0.3 is 20.5 Å². The lowest BCUT2D eigenvalue weighted by Gasteiger charge is -2.17. The molecule has 7 nitrogen and oxygen atoms in total. The smallest absolute Gasteiger partial charge is 0.407 e. The van der Waals surface area contributed by atoms with E-state index in [2.05, 4.69) is 34.9 Å². The molecule has 3 aliphatic rings. The standard InChI is InChI=1S/C28H32N2O5/c31-26(29-20-12-10-18(15-20)27(32)33)14-17-9-11-19(13-17)30-28(34)35-16-25-23-7-3-1-5-21(23)22-6-2-4-8-24(22)25/h1-8,17-20,25H,9-16H2,(H,29,31)(H,30,34)(H,32,33)/t17-,18?,19+,20?/m1/s1. The van der Waals surface area contributed by atoms with Gasteiger partial charge in [0.25, 0.3) is 0 Å². The van der Waals surface area contributed by atoms with Crippen molar-refractivity contribution >= 4 is 18.0 Å². The number of hydrogen-bond donors (Lipinski definition) is 3. The third-order valence-corrected chi connectivity index (χ3v) is 7.83. The summed E-state index contributed by atoms with van der Waals surface area (Å²) in [6, 6.07) is 16.5. The van der Waals surface area contributed by atoms with Crippen LogP contribution >= 0.6 is 0 Å². The summed E-state index contributed by atoms with van der Waals surface area (Å²) in [6.45, 7) is 0.289. The predicted molar refractivity (Wildman–Crippen MR) is 131 cm³/mol. The number of alkyl carbamates (subject to hydrolysis) is 1. The van der Waals surface area contributed by atoms with E-state index in [-0.39, 0.29) is 42.4 Å². The van der Waals surface area contributed by atoms with Crippen LogP contribution in [-0.2, 0) is 14.3 Å². The van der Waals surface area contributed by atoms with E-state index in [1.807, 2.05) is 24.3 Å². The molecule has 2 unspecified atom stereocenters. The minimum Gasteiger partial charge on any atom is -0.481 e. The van der Waals surface area contributed by atoms with Gasteiger partial charge in [0, 0.05) is 24.4 Å². The molecule has 5 rings (SSSR count). The fourth-order valence-corrected chi connectivity index (χ4v) is 6.08. The molecule has 2 amide bonds. The molecule has 0 heterocycles. The maximum absolute atomic E-state index is 12.6. The normalized spacial score (nSPS) is 25.0. The zero-order chi connectivity index (χ0) is 24.4. The first-order valence-corrected chi connectivity index (χ1v) is 12.6. The van der Waals surface area contributed by atoms with Gasteiger partial charge in [-0.15, -0.1) is 0 Å². The second-order valence-electron chi connectivity index (χ2n) is 10.2. The summed E-state index contributed by atoms with van der Waals surface area (Å²) in [5.74, 6) is -0.903. The molecule has 0 saturated heterocycles. The molecule has 0 spiro atoms. The first kappa shape index (κ1) is 23.4. The second kappa shape index (κ2) is 10.1. The predicted octanol–water partition coefficient (Wildman–Crippen LogP) is 4.45. The van der Waals surface area contributed by atoms with Crippen molar-refractivity contribution < 1.29 is 24.2 Å². The molecule has 3 N–H and O–H groups in total. The average Bonchev–Trinajstić information content (AvgIpc) is 3.56. The number of aliphatic carboxylic acids is 1. The van der Waals surface area contributed by atoms with E-state index in [0.717, 1.165) is 25.7 Å². The molecule has 2 saturated carbocycles. The third kappa shape index (κ3) is 5.19. The summed E-state index contributed by atoms with van der Waals surface area (Å²) < 4.78 is 5.66. The van der Waals surface area contributed by atoms with Gasteiger partial charge in [-0.1, -0.05) is 48.5 Å². The van der Waals surface area contributed by atoms with Gasteiger partial charge in [-0.3, -0.25) is 9.59 Å². The fraction of sp³-hybridized carbons (Fsp3) is 0.464. The van der Waals surface area contributed by atoms with E-state index in [0.29, 0.717) is 19.3 Å². The highest BCUT2D eigenvalue weighted by Crippen LogP contribution is 2.44. The van der Waals surface area contributed by atoms with Crippen molar-refractivity contribution in [3.05, 3.63) is 59.7 Å². The zero-order valence-corrected chi connectivity index (χ0v) is 19.7. The average molecular weight is 477 g/mol. The quantitative estimate of drug-likeness (QED) is 0.548. The van der Waals surface area contributed by atoms with Gasteiger partial charge in [0.05, 0.1) is 5.92 Å². The van der Waals surface area contributed by atoms with Crippen molar-refractivity contribution in [2.24, 2.45) is 11.8 Å². The number of fused-ring (bicyclic) bond motifs is 3. The van der Waals surface area contributed by atoms with Gasteiger partial charge in [-0.2, -0.15) is 0 Å². The molecular weight excluding hydrogens is 444 g/mol. The third-order valence-electron chi connectivity index (χ3n) is 7.83. The molecule has 0 radical (unpaired) electrons. The number of carboxylic acid groups (broad SMARTS) is 1. The van der Waals surface area contributed by atoms with Crippen molar-refractivity contribution in [1.82, 2.24) is 10.6 Å². The van der Waals surface area contributed by atoms with Crippen LogP contribution in [0.25, 0.3) is 11.1 Å². The van der Waals surface area contributed by atoms with Gasteiger partial charge >= 0.3 is 12.1 Å². The topological polar surface area (TPSA) is 105 Å². The van der Waals surface area contributed by atoms with E-state index >= 15 is 0 Å². The van der Waals surface area contributed by atoms with E-state index in [9.17, 15) is 14.4 Å². The van der Waals surface area contributed by atoms with Crippen LogP contribution in [-0.4, -0.2) is 41.8 Å². The number of carbonyl (C=O) groups excluding carboxylic acids is 2. The molecule has 4 atom stereocenters. The van der Waals surface area contributed by atoms with Crippen LogP contribution < -0.4 is 10.6 Å². The first-order chi connectivity index (χ1) is 17.0. The number of carboxylic acids is 1. The lowest BCUT2D eigenvalue weighted by atomic mass is 9.98. The van der Waals surface area contributed by atoms with Gasteiger partial charge in [0.1, 0.15) is 6.61 Å². The molecule has 7 heteroatoms. The molecule has 2 aromatic carbocycles. The van der Waals surface area contributed by atoms with Gasteiger partial charge in [-0.05, 0) is 66.7 Å². The Kier molecular flexibility index (Phi) is 6.75. The highest BCUT2D eigenvalue weighted by atomic mass is 16.5. The minimum absolute atomic E-state index is 0.00585. The maximum Gasteiger partial charge on any atom is 0.407 e. The number of nitrogens with one attached hydrogen (secondary N) is 2. The van der Waals surface area contributed by atoms with Crippen LogP contribution in [0.5, 0.6) is 0 Å². The highest BCUT2D eigenvalue weighted by Gasteiger charge is 2.33. The number of rotatable bonds is 7. The Morgan fingerprint density at radius 3 is 2.11 bits per heavy atom. The SMILES string of the molecule is O=C(C[C@@H]1CC[C@H](NC(=O)OCC2c3ccccc3-c3ccccc32)C1)NC1CCC(C(=O)O)C1. The van der Waals surface area contributed by atoms with E-state index in [1.165, 1.54) is 22.3 Å². The Labute approximate surface area is 205 Å². The summed E-state index contributed by atoms with van der Waals surface area (Å²) in [4.78, 5) is 36.1. The van der Waals surface area contributed by atoms with Crippen molar-refractivity contribution in [3.8, 4) is 11.1 Å². The second-order valence-corrected chi connectivity index (χ2v) is 10.2. The summed E-state index contributed by atoms with van der Waals surface area (Å²) >= 11 is 0. The molecular formula is C28H32N2O5. The first-order valence-electron chi connectivity index (χ1n) is 12.6. The molecule has 2 fully saturated rings. The molecule has 0 aromatic heterocycles. The fourth-order valence-electron chi connectivity index (χ4n) is 6.08. The molecule has 184 valence electrons. The lowest BCUT2D eigenvalue weighted by molar-refractivity contribution is -0.141. The van der Waals surface area contributed by atoms with Crippen LogP contribution in [0.15, 0.2) is 48.5 Å². The molecule has 2 aromatic rings. The van der Waals surface area contributed by atoms with E-state index in [4.69, 9.17) is 9.84 Å². The molecule has 3 aliphatic carbocycles. The zero-order valence-electron chi connectivity index (χ0n) is 19.7. The van der Waals surface area contributed by atoms with Gasteiger partial charge in [0.2, 0.25) is 5.91 Å². The van der Waals surface area contributed by atoms with E-state index in [1.54, 1.807) is 0 Å². The summed E-state index contributed by atoms with van der Waals surface area (Å²) in [5.41, 5.74) is 4.77. The number of carbonyl (C=O) groups is 3. The summed E-state index contributed by atoms with van der Waals surface area (Å²) in [6.07, 6.45) is 4.31.